The predicted octanol–water partition coefficient (Wildman–Crippen LogP) is -0.149. The quantitative estimate of drug-likeness (QED) is 0.703. The van der Waals surface area contributed by atoms with Crippen molar-refractivity contribution in [3.63, 3.8) is 0 Å². The summed E-state index contributed by atoms with van der Waals surface area (Å²) in [5.41, 5.74) is 5.27. The summed E-state index contributed by atoms with van der Waals surface area (Å²) < 4.78 is 0. The lowest BCUT2D eigenvalue weighted by molar-refractivity contribution is -0.133. The third kappa shape index (κ3) is 2.77. The molecule has 2 saturated heterocycles. The summed E-state index contributed by atoms with van der Waals surface area (Å²) in [5, 5.41) is 3.33. The van der Waals surface area contributed by atoms with Crippen LogP contribution >= 0.6 is 0 Å². The lowest BCUT2D eigenvalue weighted by atomic mass is 9.99. The number of carbonyl (C=O) groups is 2. The number of primary amides is 1. The molecule has 3 unspecified atom stereocenters. The molecule has 2 amide bonds. The number of likely N-dealkylation sites (tertiary alicyclic amines) is 1. The lowest BCUT2D eigenvalue weighted by Crippen LogP contribution is -2.51. The number of hydrogen-bond donors (Lipinski definition) is 2. The highest BCUT2D eigenvalue weighted by Gasteiger charge is 2.34. The molecule has 2 aliphatic rings. The van der Waals surface area contributed by atoms with Crippen molar-refractivity contribution < 1.29 is 9.59 Å². The average Bonchev–Trinajstić information content (AvgIpc) is 2.77. The first-order chi connectivity index (χ1) is 8.08. The van der Waals surface area contributed by atoms with Crippen molar-refractivity contribution in [2.24, 2.45) is 11.7 Å². The maximum absolute atomic E-state index is 12.2. The fraction of sp³-hybridized carbons (Fsp3) is 0.833. The van der Waals surface area contributed by atoms with E-state index in [-0.39, 0.29) is 23.8 Å². The SMILES string of the molecule is CC1CCCC(C(=O)N2CCC(C(N)=O)C2)N1. The van der Waals surface area contributed by atoms with Gasteiger partial charge in [-0.1, -0.05) is 0 Å². The molecule has 0 saturated carbocycles. The largest absolute Gasteiger partial charge is 0.369 e. The Kier molecular flexibility index (Phi) is 3.66. The molecule has 2 fully saturated rings. The molecule has 0 aromatic rings. The van der Waals surface area contributed by atoms with Crippen LogP contribution in [0.2, 0.25) is 0 Å². The Morgan fingerprint density at radius 2 is 2.06 bits per heavy atom. The summed E-state index contributed by atoms with van der Waals surface area (Å²) in [4.78, 5) is 25.1. The molecule has 3 atom stereocenters. The number of amides is 2. The highest BCUT2D eigenvalue weighted by Crippen LogP contribution is 2.20. The van der Waals surface area contributed by atoms with Crippen LogP contribution in [0.4, 0.5) is 0 Å². The van der Waals surface area contributed by atoms with Crippen molar-refractivity contribution in [2.75, 3.05) is 13.1 Å². The average molecular weight is 239 g/mol. The van der Waals surface area contributed by atoms with Gasteiger partial charge in [-0.2, -0.15) is 0 Å². The normalized spacial score (nSPS) is 33.7. The van der Waals surface area contributed by atoms with Crippen LogP contribution in [0.15, 0.2) is 0 Å². The van der Waals surface area contributed by atoms with Gasteiger partial charge in [0.2, 0.25) is 11.8 Å². The zero-order chi connectivity index (χ0) is 12.4. The summed E-state index contributed by atoms with van der Waals surface area (Å²) >= 11 is 0. The van der Waals surface area contributed by atoms with Crippen LogP contribution < -0.4 is 11.1 Å². The smallest absolute Gasteiger partial charge is 0.239 e. The summed E-state index contributed by atoms with van der Waals surface area (Å²) in [6, 6.07) is 0.345. The van der Waals surface area contributed by atoms with Crippen molar-refractivity contribution in [2.45, 2.75) is 44.7 Å². The Hall–Kier alpha value is -1.10. The van der Waals surface area contributed by atoms with Gasteiger partial charge in [0.05, 0.1) is 12.0 Å². The predicted molar refractivity (Wildman–Crippen MR) is 64.1 cm³/mol. The number of piperidine rings is 1. The van der Waals surface area contributed by atoms with Crippen molar-refractivity contribution >= 4 is 11.8 Å². The number of nitrogens with zero attached hydrogens (tertiary/aromatic N) is 1. The minimum absolute atomic E-state index is 0.0645. The third-order valence-electron chi connectivity index (χ3n) is 3.82. The van der Waals surface area contributed by atoms with Crippen molar-refractivity contribution in [1.29, 1.82) is 0 Å². The van der Waals surface area contributed by atoms with E-state index in [0.29, 0.717) is 25.6 Å². The van der Waals surface area contributed by atoms with Crippen LogP contribution in [-0.2, 0) is 9.59 Å². The molecule has 0 radical (unpaired) electrons. The second kappa shape index (κ2) is 5.04. The topological polar surface area (TPSA) is 75.4 Å². The number of hydrogen-bond acceptors (Lipinski definition) is 3. The molecule has 0 aromatic heterocycles. The van der Waals surface area contributed by atoms with E-state index in [1.807, 2.05) is 0 Å². The van der Waals surface area contributed by atoms with Crippen LogP contribution in [0.1, 0.15) is 32.6 Å². The van der Waals surface area contributed by atoms with Crippen LogP contribution in [0.3, 0.4) is 0 Å². The molecule has 0 spiro atoms. The van der Waals surface area contributed by atoms with Gasteiger partial charge < -0.3 is 16.0 Å². The number of rotatable bonds is 2. The van der Waals surface area contributed by atoms with E-state index < -0.39 is 0 Å². The first-order valence-corrected chi connectivity index (χ1v) is 6.42. The number of carbonyl (C=O) groups excluding carboxylic acids is 2. The minimum Gasteiger partial charge on any atom is -0.369 e. The van der Waals surface area contributed by atoms with E-state index in [1.165, 1.54) is 0 Å². The molecule has 96 valence electrons. The molecule has 5 heteroatoms. The van der Waals surface area contributed by atoms with Crippen molar-refractivity contribution in [3.8, 4) is 0 Å². The standard InChI is InChI=1S/C12H21N3O2/c1-8-3-2-4-10(14-8)12(17)15-6-5-9(7-15)11(13)16/h8-10,14H,2-7H2,1H3,(H2,13,16). The molecule has 2 rings (SSSR count). The van der Waals surface area contributed by atoms with E-state index in [1.54, 1.807) is 4.90 Å². The molecule has 2 heterocycles. The molecule has 3 N–H and O–H groups in total. The molecule has 2 aliphatic heterocycles. The van der Waals surface area contributed by atoms with E-state index in [9.17, 15) is 9.59 Å². The van der Waals surface area contributed by atoms with Crippen molar-refractivity contribution in [3.05, 3.63) is 0 Å². The molecular weight excluding hydrogens is 218 g/mol. The molecule has 0 bridgehead atoms. The maximum atomic E-state index is 12.2. The van der Waals surface area contributed by atoms with Crippen LogP contribution in [0, 0.1) is 5.92 Å². The van der Waals surface area contributed by atoms with Crippen LogP contribution in [0.5, 0.6) is 0 Å². The zero-order valence-corrected chi connectivity index (χ0v) is 10.3. The van der Waals surface area contributed by atoms with Gasteiger partial charge in [0, 0.05) is 19.1 Å². The minimum atomic E-state index is -0.287. The first-order valence-electron chi connectivity index (χ1n) is 6.42. The Bertz CT molecular complexity index is 319. The monoisotopic (exact) mass is 239 g/mol. The van der Waals surface area contributed by atoms with E-state index in [0.717, 1.165) is 19.3 Å². The Balaban J connectivity index is 1.90. The second-order valence-corrected chi connectivity index (χ2v) is 5.22. The van der Waals surface area contributed by atoms with Crippen molar-refractivity contribution in [1.82, 2.24) is 10.2 Å². The highest BCUT2D eigenvalue weighted by atomic mass is 16.2. The summed E-state index contributed by atoms with van der Waals surface area (Å²) in [6.45, 7) is 3.27. The van der Waals surface area contributed by atoms with E-state index in [2.05, 4.69) is 12.2 Å². The van der Waals surface area contributed by atoms with Gasteiger partial charge in [-0.3, -0.25) is 9.59 Å². The zero-order valence-electron chi connectivity index (χ0n) is 10.3. The van der Waals surface area contributed by atoms with Crippen LogP contribution in [-0.4, -0.2) is 41.9 Å². The van der Waals surface area contributed by atoms with Gasteiger partial charge in [0.1, 0.15) is 0 Å². The molecule has 0 aromatic carbocycles. The first kappa shape index (κ1) is 12.4. The fourth-order valence-electron chi connectivity index (χ4n) is 2.75. The van der Waals surface area contributed by atoms with Gasteiger partial charge in [0.25, 0.3) is 0 Å². The Morgan fingerprint density at radius 1 is 1.29 bits per heavy atom. The van der Waals surface area contributed by atoms with Gasteiger partial charge in [-0.05, 0) is 32.6 Å². The molecule has 17 heavy (non-hydrogen) atoms. The summed E-state index contributed by atoms with van der Waals surface area (Å²) in [7, 11) is 0. The van der Waals surface area contributed by atoms with E-state index >= 15 is 0 Å². The Labute approximate surface area is 102 Å². The van der Waals surface area contributed by atoms with Crippen LogP contribution in [0.25, 0.3) is 0 Å². The lowest BCUT2D eigenvalue weighted by Gasteiger charge is -2.30. The third-order valence-corrected chi connectivity index (χ3v) is 3.82. The van der Waals surface area contributed by atoms with Gasteiger partial charge in [0.15, 0.2) is 0 Å². The fourth-order valence-corrected chi connectivity index (χ4v) is 2.75. The molecule has 0 aliphatic carbocycles. The maximum Gasteiger partial charge on any atom is 0.239 e. The number of nitrogens with one attached hydrogen (secondary N) is 1. The number of nitrogens with two attached hydrogens (primary N) is 1. The Morgan fingerprint density at radius 3 is 2.65 bits per heavy atom. The van der Waals surface area contributed by atoms with E-state index in [4.69, 9.17) is 5.73 Å². The highest BCUT2D eigenvalue weighted by molar-refractivity contribution is 5.84. The molecular formula is C12H21N3O2. The second-order valence-electron chi connectivity index (χ2n) is 5.22. The van der Waals surface area contributed by atoms with Gasteiger partial charge >= 0.3 is 0 Å². The summed E-state index contributed by atoms with van der Waals surface area (Å²) in [6.07, 6.45) is 3.84. The van der Waals surface area contributed by atoms with Gasteiger partial charge in [-0.25, -0.2) is 0 Å². The summed E-state index contributed by atoms with van der Waals surface area (Å²) in [5.74, 6) is -0.300. The molecule has 5 nitrogen and oxygen atoms in total. The van der Waals surface area contributed by atoms with Gasteiger partial charge in [-0.15, -0.1) is 0 Å².